The maximum atomic E-state index is 14.3. The molecule has 1 fully saturated rings. The summed E-state index contributed by atoms with van der Waals surface area (Å²) in [5.41, 5.74) is 4.99. The van der Waals surface area contributed by atoms with Gasteiger partial charge in [0.1, 0.15) is 11.5 Å². The van der Waals surface area contributed by atoms with Gasteiger partial charge in [-0.15, -0.1) is 0 Å². The van der Waals surface area contributed by atoms with Crippen LogP contribution >= 0.6 is 0 Å². The predicted molar refractivity (Wildman–Crippen MR) is 193 cm³/mol. The third-order valence-corrected chi connectivity index (χ3v) is 9.60. The fourth-order valence-electron chi connectivity index (χ4n) is 6.72. The predicted octanol–water partition coefficient (Wildman–Crippen LogP) is 4.58. The second-order valence-corrected chi connectivity index (χ2v) is 12.8. The number of hydrogen-bond donors (Lipinski definition) is 4. The number of carbonyl (C=O) groups excluding carboxylic acids is 2. The summed E-state index contributed by atoms with van der Waals surface area (Å²) in [5, 5.41) is 23.2. The minimum absolute atomic E-state index is 0.0163. The molecule has 13 heteroatoms. The van der Waals surface area contributed by atoms with Crippen LogP contribution in [0.4, 0.5) is 15.8 Å². The Hall–Kier alpha value is -5.50. The van der Waals surface area contributed by atoms with E-state index in [9.17, 15) is 14.0 Å². The van der Waals surface area contributed by atoms with Crippen LogP contribution in [0.3, 0.4) is 0 Å². The Labute approximate surface area is 294 Å². The quantitative estimate of drug-likeness (QED) is 0.156. The van der Waals surface area contributed by atoms with Crippen LogP contribution in [-0.2, 0) is 14.3 Å². The van der Waals surface area contributed by atoms with Crippen molar-refractivity contribution in [2.45, 2.75) is 18.4 Å². The third-order valence-electron chi connectivity index (χ3n) is 9.60. The number of anilines is 2. The first-order chi connectivity index (χ1) is 24.9. The molecule has 0 unspecified atom stereocenters. The largest absolute Gasteiger partial charge is 0.395 e. The van der Waals surface area contributed by atoms with Gasteiger partial charge in [0.25, 0.3) is 5.91 Å². The molecular formula is C38H39FN8O4. The van der Waals surface area contributed by atoms with E-state index in [1.807, 2.05) is 34.1 Å². The number of carbonyl (C=O) groups is 2. The topological polar surface area (TPSA) is 149 Å². The number of aliphatic hydroxyl groups is 1. The Morgan fingerprint density at radius 3 is 2.55 bits per heavy atom. The highest BCUT2D eigenvalue weighted by Crippen LogP contribution is 2.33. The second kappa shape index (κ2) is 14.8. The molecule has 1 saturated heterocycles. The third kappa shape index (κ3) is 7.22. The molecule has 0 aliphatic carbocycles. The van der Waals surface area contributed by atoms with Crippen LogP contribution < -0.4 is 10.6 Å². The molecule has 4 N–H and O–H groups in total. The lowest BCUT2D eigenvalue weighted by molar-refractivity contribution is -0.138. The Morgan fingerprint density at radius 2 is 1.80 bits per heavy atom. The summed E-state index contributed by atoms with van der Waals surface area (Å²) in [4.78, 5) is 39.5. The normalized spacial score (nSPS) is 17.8. The van der Waals surface area contributed by atoms with E-state index < -0.39 is 11.4 Å². The van der Waals surface area contributed by atoms with Crippen LogP contribution in [-0.4, -0.2) is 105 Å². The molecular weight excluding hydrogens is 651 g/mol. The number of aromatic amines is 1. The first kappa shape index (κ1) is 34.0. The molecule has 0 saturated carbocycles. The van der Waals surface area contributed by atoms with Gasteiger partial charge < -0.3 is 25.4 Å². The van der Waals surface area contributed by atoms with Crippen molar-refractivity contribution in [1.29, 1.82) is 0 Å². The van der Waals surface area contributed by atoms with Crippen molar-refractivity contribution in [2.75, 3.05) is 63.6 Å². The molecule has 4 heterocycles. The van der Waals surface area contributed by atoms with E-state index in [-0.39, 0.29) is 43.7 Å². The highest BCUT2D eigenvalue weighted by molar-refractivity contribution is 6.01. The van der Waals surface area contributed by atoms with E-state index >= 15 is 0 Å². The highest BCUT2D eigenvalue weighted by atomic mass is 19.1. The summed E-state index contributed by atoms with van der Waals surface area (Å²) in [5.74, 6) is -0.0252. The zero-order valence-corrected chi connectivity index (χ0v) is 28.2. The van der Waals surface area contributed by atoms with Crippen molar-refractivity contribution >= 4 is 39.7 Å². The van der Waals surface area contributed by atoms with Crippen LogP contribution in [0.25, 0.3) is 39.1 Å². The van der Waals surface area contributed by atoms with E-state index in [0.29, 0.717) is 48.8 Å². The van der Waals surface area contributed by atoms with Crippen molar-refractivity contribution in [3.8, 4) is 22.6 Å². The van der Waals surface area contributed by atoms with Crippen molar-refractivity contribution < 1.29 is 23.8 Å². The molecule has 262 valence electrons. The fraction of sp³-hybridized carbons (Fsp3) is 0.289. The SMILES string of the molecule is CO[C@@]1(C(=O)Nc2ccc3[nH]nc(-c4ccc(F)c(NCCO)c4)c3c2)CCN(CC(=O)N2CC=C(c3ccc(-c4ncccn4)cc3)CC2)C1. The number of ether oxygens (including phenoxy) is 1. The Bertz CT molecular complexity index is 2070. The summed E-state index contributed by atoms with van der Waals surface area (Å²) < 4.78 is 20.2. The zero-order chi connectivity index (χ0) is 35.4. The van der Waals surface area contributed by atoms with Gasteiger partial charge in [-0.1, -0.05) is 30.3 Å². The van der Waals surface area contributed by atoms with Gasteiger partial charge in [-0.05, 0) is 66.4 Å². The van der Waals surface area contributed by atoms with Crippen LogP contribution in [0.15, 0.2) is 85.2 Å². The molecule has 1 atom stereocenters. The van der Waals surface area contributed by atoms with Crippen molar-refractivity contribution in [3.63, 3.8) is 0 Å². The lowest BCUT2D eigenvalue weighted by Gasteiger charge is -2.30. The van der Waals surface area contributed by atoms with Crippen LogP contribution in [0.1, 0.15) is 18.4 Å². The van der Waals surface area contributed by atoms with Gasteiger partial charge >= 0.3 is 0 Å². The van der Waals surface area contributed by atoms with Gasteiger partial charge in [0.15, 0.2) is 11.4 Å². The first-order valence-corrected chi connectivity index (χ1v) is 16.9. The summed E-state index contributed by atoms with van der Waals surface area (Å²) in [6.45, 7) is 2.25. The monoisotopic (exact) mass is 690 g/mol. The van der Waals surface area contributed by atoms with Crippen molar-refractivity contribution in [2.24, 2.45) is 0 Å². The minimum Gasteiger partial charge on any atom is -0.395 e. The molecule has 0 bridgehead atoms. The van der Waals surface area contributed by atoms with E-state index in [4.69, 9.17) is 9.84 Å². The Morgan fingerprint density at radius 1 is 1.02 bits per heavy atom. The van der Waals surface area contributed by atoms with Gasteiger partial charge in [-0.3, -0.25) is 19.6 Å². The molecule has 3 aromatic carbocycles. The average molecular weight is 691 g/mol. The number of halogens is 1. The molecule has 51 heavy (non-hydrogen) atoms. The second-order valence-electron chi connectivity index (χ2n) is 12.8. The number of fused-ring (bicyclic) bond motifs is 1. The van der Waals surface area contributed by atoms with Gasteiger partial charge in [0.05, 0.1) is 24.4 Å². The van der Waals surface area contributed by atoms with E-state index in [0.717, 1.165) is 28.5 Å². The standard InChI is InChI=1S/C38H39FN8O4/c1-51-38(37(50)43-29-8-10-32-30(22-29)35(45-44-32)28-7-9-31(39)33(21-28)40-16-20-48)13-19-46(24-38)23-34(49)47-17-11-26(12-18-47)25-3-5-27(6-4-25)36-41-14-2-15-42-36/h2-11,14-15,21-22,40,48H,12-13,16-20,23-24H2,1H3,(H,43,50)(H,44,45)/t38-/m0/s1. The van der Waals surface area contributed by atoms with E-state index in [1.165, 1.54) is 18.7 Å². The smallest absolute Gasteiger partial charge is 0.258 e. The summed E-state index contributed by atoms with van der Waals surface area (Å²) in [6, 6.07) is 20.0. The van der Waals surface area contributed by atoms with Gasteiger partial charge in [-0.2, -0.15) is 5.10 Å². The van der Waals surface area contributed by atoms with Gasteiger partial charge in [0.2, 0.25) is 5.91 Å². The summed E-state index contributed by atoms with van der Waals surface area (Å²) >= 11 is 0. The molecule has 12 nitrogen and oxygen atoms in total. The number of likely N-dealkylation sites (tertiary alicyclic amines) is 1. The average Bonchev–Trinajstić information content (AvgIpc) is 3.80. The first-order valence-electron chi connectivity index (χ1n) is 16.9. The number of nitrogens with one attached hydrogen (secondary N) is 3. The fourth-order valence-corrected chi connectivity index (χ4v) is 6.72. The van der Waals surface area contributed by atoms with E-state index in [1.54, 1.807) is 36.7 Å². The van der Waals surface area contributed by atoms with Gasteiger partial charge in [0, 0.05) is 74.4 Å². The molecule has 5 aromatic rings. The number of methoxy groups -OCH3 is 1. The number of amides is 2. The Balaban J connectivity index is 0.967. The number of aliphatic hydroxyl groups excluding tert-OH is 1. The number of H-pyrrole nitrogens is 1. The molecule has 0 spiro atoms. The number of nitrogens with zero attached hydrogens (tertiary/aromatic N) is 5. The number of rotatable bonds is 11. The molecule has 2 aliphatic heterocycles. The Kier molecular flexibility index (Phi) is 9.84. The summed E-state index contributed by atoms with van der Waals surface area (Å²) in [6.07, 6.45) is 6.76. The van der Waals surface area contributed by atoms with Crippen molar-refractivity contribution in [1.82, 2.24) is 30.0 Å². The number of hydrogen-bond acceptors (Lipinski definition) is 9. The molecule has 0 radical (unpaired) electrons. The van der Waals surface area contributed by atoms with Crippen LogP contribution in [0, 0.1) is 5.82 Å². The lowest BCUT2D eigenvalue weighted by Crippen LogP contribution is -2.48. The highest BCUT2D eigenvalue weighted by Gasteiger charge is 2.45. The molecule has 2 amide bonds. The maximum Gasteiger partial charge on any atom is 0.258 e. The van der Waals surface area contributed by atoms with Crippen LogP contribution in [0.5, 0.6) is 0 Å². The van der Waals surface area contributed by atoms with Crippen LogP contribution in [0.2, 0.25) is 0 Å². The number of benzene rings is 3. The minimum atomic E-state index is -1.12. The summed E-state index contributed by atoms with van der Waals surface area (Å²) in [7, 11) is 1.52. The lowest BCUT2D eigenvalue weighted by atomic mass is 9.98. The zero-order valence-electron chi connectivity index (χ0n) is 28.2. The molecule has 2 aromatic heterocycles. The molecule has 7 rings (SSSR count). The number of aromatic nitrogens is 4. The van der Waals surface area contributed by atoms with Gasteiger partial charge in [-0.25, -0.2) is 14.4 Å². The van der Waals surface area contributed by atoms with Crippen molar-refractivity contribution in [3.05, 3.63) is 96.6 Å². The van der Waals surface area contributed by atoms with E-state index in [2.05, 4.69) is 49.0 Å². The molecule has 2 aliphatic rings. The maximum absolute atomic E-state index is 14.3.